The van der Waals surface area contributed by atoms with Gasteiger partial charge in [-0.05, 0) is 49.4 Å². The number of nitriles is 1. The lowest BCUT2D eigenvalue weighted by molar-refractivity contribution is -0.266. The number of nitrogens with zero attached hydrogens (tertiary/aromatic N) is 7. The average Bonchev–Trinajstić information content (AvgIpc) is 3.94. The molecule has 4 heterocycles. The molecule has 4 aromatic rings. The molecule has 0 N–H and O–H groups in total. The van der Waals surface area contributed by atoms with Gasteiger partial charge in [0.05, 0.1) is 43.2 Å². The number of amides is 1. The highest BCUT2D eigenvalue weighted by Crippen LogP contribution is 2.38. The van der Waals surface area contributed by atoms with Crippen molar-refractivity contribution in [3.63, 3.8) is 0 Å². The van der Waals surface area contributed by atoms with Crippen LogP contribution < -0.4 is 9.64 Å². The lowest BCUT2D eigenvalue weighted by atomic mass is 9.90. The maximum Gasteiger partial charge on any atom is 0.335 e. The Kier molecular flexibility index (Phi) is 11.3. The maximum atomic E-state index is 14.2. The van der Waals surface area contributed by atoms with E-state index >= 15 is 0 Å². The molecule has 1 aliphatic heterocycles. The number of aryl methyl sites for hydroxylation is 1. The van der Waals surface area contributed by atoms with Crippen molar-refractivity contribution in [2.45, 2.75) is 90.4 Å². The van der Waals surface area contributed by atoms with Crippen LogP contribution in [-0.2, 0) is 33.3 Å². The van der Waals surface area contributed by atoms with Crippen LogP contribution in [0, 0.1) is 30.1 Å². The molecular weight excluding hydrogens is 698 g/mol. The third-order valence-corrected chi connectivity index (χ3v) is 10.1. The van der Waals surface area contributed by atoms with Crippen LogP contribution in [0.25, 0.3) is 22.3 Å². The van der Waals surface area contributed by atoms with Crippen LogP contribution in [0.4, 0.5) is 10.5 Å². The summed E-state index contributed by atoms with van der Waals surface area (Å²) in [6, 6.07) is 8.65. The second-order valence-electron chi connectivity index (χ2n) is 13.7. The smallest absolute Gasteiger partial charge is 0.335 e. The normalized spacial score (nSPS) is 21.9. The minimum Gasteiger partial charge on any atom is -0.467 e. The second kappa shape index (κ2) is 16.0. The number of carbonyl (C=O) groups excluding carboxylic acids is 4. The molecule has 1 saturated heterocycles. The zero-order valence-corrected chi connectivity index (χ0v) is 31.0. The van der Waals surface area contributed by atoms with E-state index in [1.54, 1.807) is 50.6 Å². The van der Waals surface area contributed by atoms with Gasteiger partial charge in [0.1, 0.15) is 12.1 Å². The number of esters is 3. The van der Waals surface area contributed by atoms with Crippen LogP contribution >= 0.6 is 0 Å². The molecule has 2 aliphatic rings. The fourth-order valence-electron chi connectivity index (χ4n) is 7.40. The predicted molar refractivity (Wildman–Crippen MR) is 192 cm³/mol. The summed E-state index contributed by atoms with van der Waals surface area (Å²) in [5.74, 6) is -2.35. The molecule has 2 fully saturated rings. The number of hydrogen-bond acceptors (Lipinski definition) is 13. The quantitative estimate of drug-likeness (QED) is 0.154. The van der Waals surface area contributed by atoms with Crippen molar-refractivity contribution in [3.05, 3.63) is 54.7 Å². The molecule has 0 spiro atoms. The fraction of sp³-hybridized carbons (Fsp3) is 0.474. The number of ether oxygens (including phenoxy) is 5. The summed E-state index contributed by atoms with van der Waals surface area (Å²) in [6.07, 6.45) is 6.29. The van der Waals surface area contributed by atoms with Gasteiger partial charge in [0.15, 0.2) is 17.9 Å². The average molecular weight is 742 g/mol. The van der Waals surface area contributed by atoms with E-state index in [9.17, 15) is 24.4 Å². The van der Waals surface area contributed by atoms with Crippen LogP contribution in [0.1, 0.15) is 64.5 Å². The SMILES string of the molecule is COC(=O)[C@H]1O[C@@H](Oc2ccc(C)cc2N(C)C(=O)n2ccc3c(-c4cnn([C@H](CC#N)C5CCCC5)c4)ncnc32)[C@H](OC(C)=O)[C@@H](OC(C)=O)[C@@H]1C. The Morgan fingerprint density at radius 2 is 1.80 bits per heavy atom. The number of methoxy groups -OCH3 is 1. The largest absolute Gasteiger partial charge is 0.467 e. The number of benzene rings is 1. The molecule has 1 aliphatic carbocycles. The number of fused-ring (bicyclic) bond motifs is 1. The molecule has 1 saturated carbocycles. The highest BCUT2D eigenvalue weighted by molar-refractivity contribution is 6.02. The van der Waals surface area contributed by atoms with Gasteiger partial charge in [-0.3, -0.25) is 23.7 Å². The Morgan fingerprint density at radius 3 is 2.48 bits per heavy atom. The molecule has 54 heavy (non-hydrogen) atoms. The number of anilines is 1. The van der Waals surface area contributed by atoms with E-state index < -0.39 is 54.5 Å². The molecule has 1 amide bonds. The third kappa shape index (κ3) is 7.63. The summed E-state index contributed by atoms with van der Waals surface area (Å²) >= 11 is 0. The van der Waals surface area contributed by atoms with Crippen molar-refractivity contribution < 1.29 is 42.9 Å². The van der Waals surface area contributed by atoms with E-state index in [0.717, 1.165) is 36.8 Å². The molecular formula is C38H43N7O9. The first-order valence-electron chi connectivity index (χ1n) is 17.8. The Morgan fingerprint density at radius 1 is 1.07 bits per heavy atom. The molecule has 6 rings (SSSR count). The van der Waals surface area contributed by atoms with Gasteiger partial charge < -0.3 is 23.7 Å². The van der Waals surface area contributed by atoms with Crippen molar-refractivity contribution >= 4 is 40.7 Å². The second-order valence-corrected chi connectivity index (χ2v) is 13.7. The van der Waals surface area contributed by atoms with Crippen molar-refractivity contribution in [1.82, 2.24) is 24.3 Å². The standard InChI is InChI=1S/C38H43N7O9/c1-21-11-12-30(53-37-34(52-24(4)47)32(51-23(3)46)22(2)33(54-37)36(48)50-6)29(17-21)43(5)38(49)44-16-14-27-31(40-20-41-35(27)44)26-18-42-45(19-26)28(13-15-39)25-9-7-8-10-25/h11-12,14,16-20,22,25,28,32-34,37H,7-10,13H2,1-6H3/t22-,28+,32-,33-,34+,37+/m0/s1. The molecule has 6 atom stereocenters. The molecule has 16 nitrogen and oxygen atoms in total. The molecule has 0 bridgehead atoms. The van der Waals surface area contributed by atoms with E-state index in [0.29, 0.717) is 34.8 Å². The first-order chi connectivity index (χ1) is 25.9. The molecule has 16 heteroatoms. The van der Waals surface area contributed by atoms with E-state index in [1.165, 1.54) is 36.8 Å². The first kappa shape index (κ1) is 37.9. The van der Waals surface area contributed by atoms with Crippen molar-refractivity contribution in [3.8, 4) is 23.1 Å². The van der Waals surface area contributed by atoms with Gasteiger partial charge in [-0.1, -0.05) is 25.8 Å². The van der Waals surface area contributed by atoms with Crippen LogP contribution in [0.2, 0.25) is 0 Å². The molecule has 1 aromatic carbocycles. The van der Waals surface area contributed by atoms with Gasteiger partial charge in [-0.15, -0.1) is 0 Å². The van der Waals surface area contributed by atoms with Crippen LogP contribution in [0.5, 0.6) is 5.75 Å². The van der Waals surface area contributed by atoms with E-state index in [2.05, 4.69) is 21.1 Å². The minimum absolute atomic E-state index is 0.0280. The van der Waals surface area contributed by atoms with Gasteiger partial charge in [0, 0.05) is 50.2 Å². The zero-order chi connectivity index (χ0) is 38.7. The molecule has 0 unspecified atom stereocenters. The summed E-state index contributed by atoms with van der Waals surface area (Å²) in [7, 11) is 2.76. The lowest BCUT2D eigenvalue weighted by Gasteiger charge is -2.43. The van der Waals surface area contributed by atoms with Crippen LogP contribution in [-0.4, -0.2) is 87.0 Å². The van der Waals surface area contributed by atoms with E-state index in [1.807, 2.05) is 17.8 Å². The van der Waals surface area contributed by atoms with Gasteiger partial charge in [0.25, 0.3) is 0 Å². The summed E-state index contributed by atoms with van der Waals surface area (Å²) in [5, 5.41) is 14.8. The van der Waals surface area contributed by atoms with Crippen molar-refractivity contribution in [2.75, 3.05) is 19.1 Å². The van der Waals surface area contributed by atoms with E-state index in [4.69, 9.17) is 23.7 Å². The minimum atomic E-state index is -1.45. The topological polar surface area (TPSA) is 190 Å². The van der Waals surface area contributed by atoms with Gasteiger partial charge in [-0.25, -0.2) is 19.6 Å². The summed E-state index contributed by atoms with van der Waals surface area (Å²) in [6.45, 7) is 5.84. The Bertz CT molecular complexity index is 2080. The monoisotopic (exact) mass is 741 g/mol. The molecule has 284 valence electrons. The van der Waals surface area contributed by atoms with Crippen LogP contribution in [0.15, 0.2) is 49.2 Å². The zero-order valence-electron chi connectivity index (χ0n) is 31.0. The predicted octanol–water partition coefficient (Wildman–Crippen LogP) is 5.13. The summed E-state index contributed by atoms with van der Waals surface area (Å²) in [4.78, 5) is 61.8. The lowest BCUT2D eigenvalue weighted by Crippen LogP contribution is -2.60. The number of hydrogen-bond donors (Lipinski definition) is 0. The van der Waals surface area contributed by atoms with Crippen molar-refractivity contribution in [2.24, 2.45) is 11.8 Å². The van der Waals surface area contributed by atoms with Gasteiger partial charge in [-0.2, -0.15) is 10.4 Å². The highest BCUT2D eigenvalue weighted by atomic mass is 16.7. The van der Waals surface area contributed by atoms with Gasteiger partial charge in [0.2, 0.25) is 12.4 Å². The number of rotatable bonds is 10. The fourth-order valence-corrected chi connectivity index (χ4v) is 7.40. The summed E-state index contributed by atoms with van der Waals surface area (Å²) in [5.41, 5.74) is 2.79. The van der Waals surface area contributed by atoms with Gasteiger partial charge >= 0.3 is 23.9 Å². The van der Waals surface area contributed by atoms with E-state index in [-0.39, 0.29) is 11.8 Å². The first-order valence-corrected chi connectivity index (χ1v) is 17.8. The third-order valence-electron chi connectivity index (χ3n) is 10.1. The molecule has 3 aromatic heterocycles. The number of carbonyl (C=O) groups is 4. The Labute approximate surface area is 311 Å². The molecule has 0 radical (unpaired) electrons. The maximum absolute atomic E-state index is 14.2. The Balaban J connectivity index is 1.31. The Hall–Kier alpha value is -5.82. The van der Waals surface area contributed by atoms with Crippen LogP contribution in [0.3, 0.4) is 0 Å². The highest BCUT2D eigenvalue weighted by Gasteiger charge is 2.52. The number of aromatic nitrogens is 5. The summed E-state index contributed by atoms with van der Waals surface area (Å²) < 4.78 is 31.6. The van der Waals surface area contributed by atoms with Crippen molar-refractivity contribution in [1.29, 1.82) is 5.26 Å².